The highest BCUT2D eigenvalue weighted by Crippen LogP contribution is 2.27. The Hall–Kier alpha value is -2.07. The van der Waals surface area contributed by atoms with Gasteiger partial charge >= 0.3 is 0 Å². The van der Waals surface area contributed by atoms with Gasteiger partial charge in [0.2, 0.25) is 0 Å². The number of aryl methyl sites for hydroxylation is 1. The van der Waals surface area contributed by atoms with E-state index >= 15 is 0 Å². The highest BCUT2D eigenvalue weighted by Gasteiger charge is 2.20. The molecule has 0 bridgehead atoms. The molecule has 0 N–H and O–H groups in total. The van der Waals surface area contributed by atoms with Crippen LogP contribution in [0.4, 0.5) is 0 Å². The van der Waals surface area contributed by atoms with Crippen LogP contribution in [-0.4, -0.2) is 28.5 Å². The van der Waals surface area contributed by atoms with Crippen LogP contribution in [0.2, 0.25) is 0 Å². The van der Waals surface area contributed by atoms with Crippen molar-refractivity contribution in [2.75, 3.05) is 13.1 Å². The summed E-state index contributed by atoms with van der Waals surface area (Å²) in [4.78, 5) is 15.9. The van der Waals surface area contributed by atoms with E-state index in [1.807, 2.05) is 24.8 Å². The minimum Gasteiger partial charge on any atom is -0.338 e. The molecule has 0 saturated heterocycles. The van der Waals surface area contributed by atoms with Gasteiger partial charge in [-0.3, -0.25) is 4.79 Å². The molecule has 3 rings (SSSR count). The Morgan fingerprint density at radius 2 is 1.96 bits per heavy atom. The summed E-state index contributed by atoms with van der Waals surface area (Å²) >= 11 is 1.69. The maximum absolute atomic E-state index is 12.9. The van der Waals surface area contributed by atoms with E-state index in [-0.39, 0.29) is 5.91 Å². The normalized spacial score (nSPS) is 11.1. The van der Waals surface area contributed by atoms with Crippen molar-refractivity contribution < 1.29 is 4.79 Å². The Morgan fingerprint density at radius 3 is 2.65 bits per heavy atom. The van der Waals surface area contributed by atoms with Gasteiger partial charge in [-0.2, -0.15) is 0 Å². The first kappa shape index (κ1) is 15.8. The first-order valence-electron chi connectivity index (χ1n) is 8.05. The van der Waals surface area contributed by atoms with E-state index in [0.717, 1.165) is 30.7 Å². The van der Waals surface area contributed by atoms with Crippen LogP contribution < -0.4 is 0 Å². The Labute approximate surface area is 141 Å². The predicted molar refractivity (Wildman–Crippen MR) is 97.3 cm³/mol. The van der Waals surface area contributed by atoms with Crippen molar-refractivity contribution in [3.63, 3.8) is 0 Å². The van der Waals surface area contributed by atoms with Crippen molar-refractivity contribution in [1.82, 2.24) is 9.47 Å². The lowest BCUT2D eigenvalue weighted by atomic mass is 10.1. The topological polar surface area (TPSA) is 25.2 Å². The van der Waals surface area contributed by atoms with E-state index in [2.05, 4.69) is 47.2 Å². The highest BCUT2D eigenvalue weighted by molar-refractivity contribution is 7.16. The van der Waals surface area contributed by atoms with Gasteiger partial charge in [-0.25, -0.2) is 0 Å². The molecule has 3 aromatic rings. The molecule has 0 aliphatic rings. The molecule has 0 fully saturated rings. The van der Waals surface area contributed by atoms with Crippen LogP contribution in [-0.2, 0) is 6.54 Å². The number of carbonyl (C=O) groups is 1. The van der Waals surface area contributed by atoms with E-state index in [1.54, 1.807) is 11.3 Å². The Bertz CT molecular complexity index is 827. The van der Waals surface area contributed by atoms with Crippen molar-refractivity contribution in [3.05, 3.63) is 58.6 Å². The number of benzene rings is 1. The summed E-state index contributed by atoms with van der Waals surface area (Å²) in [5.41, 5.74) is 3.26. The number of fused-ring (bicyclic) bond motifs is 1. The molecule has 0 aliphatic heterocycles. The van der Waals surface area contributed by atoms with Crippen molar-refractivity contribution in [1.29, 1.82) is 0 Å². The van der Waals surface area contributed by atoms with Gasteiger partial charge in [0.25, 0.3) is 5.91 Å². The molecule has 23 heavy (non-hydrogen) atoms. The van der Waals surface area contributed by atoms with Crippen LogP contribution >= 0.6 is 11.3 Å². The third-order valence-corrected chi connectivity index (χ3v) is 5.15. The van der Waals surface area contributed by atoms with Gasteiger partial charge in [-0.1, -0.05) is 29.8 Å². The fourth-order valence-electron chi connectivity index (χ4n) is 2.98. The third kappa shape index (κ3) is 3.04. The minimum absolute atomic E-state index is 0.117. The van der Waals surface area contributed by atoms with Gasteiger partial charge < -0.3 is 9.47 Å². The average Bonchev–Trinajstić information content (AvgIpc) is 3.11. The first-order chi connectivity index (χ1) is 11.1. The molecule has 3 nitrogen and oxygen atoms in total. The summed E-state index contributed by atoms with van der Waals surface area (Å²) in [7, 11) is 0. The lowest BCUT2D eigenvalue weighted by molar-refractivity contribution is 0.0763. The van der Waals surface area contributed by atoms with E-state index < -0.39 is 0 Å². The van der Waals surface area contributed by atoms with E-state index in [9.17, 15) is 4.79 Å². The van der Waals surface area contributed by atoms with Gasteiger partial charge in [0.05, 0.1) is 0 Å². The number of hydrogen-bond acceptors (Lipinski definition) is 2. The fraction of sp³-hybridized carbons (Fsp3) is 0.316. The molecule has 4 heteroatoms. The van der Waals surface area contributed by atoms with Gasteiger partial charge in [0, 0.05) is 25.0 Å². The molecule has 0 aliphatic carbocycles. The Kier molecular flexibility index (Phi) is 4.53. The van der Waals surface area contributed by atoms with Crippen LogP contribution in [0.5, 0.6) is 0 Å². The molecule has 0 radical (unpaired) electrons. The van der Waals surface area contributed by atoms with Crippen molar-refractivity contribution in [2.24, 2.45) is 0 Å². The van der Waals surface area contributed by atoms with Crippen LogP contribution in [0, 0.1) is 6.92 Å². The number of thiophene rings is 1. The third-order valence-electron chi connectivity index (χ3n) is 4.20. The molecular formula is C19H22N2OS. The summed E-state index contributed by atoms with van der Waals surface area (Å²) in [6.45, 7) is 8.35. The molecule has 0 atom stereocenters. The maximum atomic E-state index is 12.9. The zero-order chi connectivity index (χ0) is 16.4. The van der Waals surface area contributed by atoms with Gasteiger partial charge in [-0.05, 0) is 43.8 Å². The number of rotatable bonds is 5. The summed E-state index contributed by atoms with van der Waals surface area (Å²) in [6, 6.07) is 12.6. The van der Waals surface area contributed by atoms with E-state index in [4.69, 9.17) is 0 Å². The van der Waals surface area contributed by atoms with Crippen molar-refractivity contribution in [2.45, 2.75) is 27.3 Å². The van der Waals surface area contributed by atoms with E-state index in [1.165, 1.54) is 16.0 Å². The molecule has 1 amide bonds. The molecule has 0 unspecified atom stereocenters. The second-order valence-electron chi connectivity index (χ2n) is 5.76. The molecule has 0 spiro atoms. The molecule has 2 heterocycles. The predicted octanol–water partition coefficient (Wildman–Crippen LogP) is 4.54. The summed E-state index contributed by atoms with van der Waals surface area (Å²) in [5, 5.41) is 3.24. The maximum Gasteiger partial charge on any atom is 0.270 e. The van der Waals surface area contributed by atoms with Gasteiger partial charge in [0.1, 0.15) is 10.5 Å². The van der Waals surface area contributed by atoms with Crippen LogP contribution in [0.3, 0.4) is 0 Å². The summed E-state index contributed by atoms with van der Waals surface area (Å²) in [5.74, 6) is 0.117. The van der Waals surface area contributed by atoms with Crippen molar-refractivity contribution in [3.8, 4) is 0 Å². The van der Waals surface area contributed by atoms with Crippen LogP contribution in [0.15, 0.2) is 41.8 Å². The second kappa shape index (κ2) is 6.59. The Balaban J connectivity index is 2.05. The zero-order valence-electron chi connectivity index (χ0n) is 13.9. The van der Waals surface area contributed by atoms with Gasteiger partial charge in [-0.15, -0.1) is 11.3 Å². The quantitative estimate of drug-likeness (QED) is 0.675. The second-order valence-corrected chi connectivity index (χ2v) is 6.66. The number of carbonyl (C=O) groups excluding carboxylic acids is 1. The highest BCUT2D eigenvalue weighted by atomic mass is 32.1. The minimum atomic E-state index is 0.117. The number of aromatic nitrogens is 1. The molecular weight excluding hydrogens is 304 g/mol. The molecule has 120 valence electrons. The molecule has 1 aromatic carbocycles. The Morgan fingerprint density at radius 1 is 1.17 bits per heavy atom. The fourth-order valence-corrected chi connectivity index (χ4v) is 3.87. The van der Waals surface area contributed by atoms with Crippen molar-refractivity contribution >= 4 is 27.5 Å². The monoisotopic (exact) mass is 326 g/mol. The standard InChI is InChI=1S/C19H22N2OS/c1-4-20(5-2)18(22)17-12-16-9-10-23-19(16)21(17)13-15-8-6-7-14(3)11-15/h6-12H,4-5,13H2,1-3H3. The van der Waals surface area contributed by atoms with Crippen LogP contribution in [0.1, 0.15) is 35.5 Å². The number of amides is 1. The number of hydrogen-bond donors (Lipinski definition) is 0. The largest absolute Gasteiger partial charge is 0.338 e. The average molecular weight is 326 g/mol. The van der Waals surface area contributed by atoms with Gasteiger partial charge in [0.15, 0.2) is 0 Å². The molecule has 2 aromatic heterocycles. The van der Waals surface area contributed by atoms with Crippen LogP contribution in [0.25, 0.3) is 10.2 Å². The smallest absolute Gasteiger partial charge is 0.270 e. The molecule has 0 saturated carbocycles. The SMILES string of the molecule is CCN(CC)C(=O)c1cc2ccsc2n1Cc1cccc(C)c1. The summed E-state index contributed by atoms with van der Waals surface area (Å²) < 4.78 is 2.16. The number of nitrogens with zero attached hydrogens (tertiary/aromatic N) is 2. The lowest BCUT2D eigenvalue weighted by Crippen LogP contribution is -2.32. The van der Waals surface area contributed by atoms with E-state index in [0.29, 0.717) is 0 Å². The summed E-state index contributed by atoms with van der Waals surface area (Å²) in [6.07, 6.45) is 0. The zero-order valence-corrected chi connectivity index (χ0v) is 14.7. The lowest BCUT2D eigenvalue weighted by Gasteiger charge is -2.20. The first-order valence-corrected chi connectivity index (χ1v) is 8.93.